The standard InChI is InChI=1S/C17H21N5O/c1-13(17-19-14(2)20-23-17)21-8-5-9-22(11-10-21)16-7-4-3-6-15(16)12-18/h3-4,6-7,13H,5,8-11H2,1-2H3/t13-/m0/s1. The van der Waals surface area contributed by atoms with E-state index in [1.165, 1.54) is 0 Å². The molecule has 6 nitrogen and oxygen atoms in total. The van der Waals surface area contributed by atoms with Crippen molar-refractivity contribution in [3.05, 3.63) is 41.5 Å². The highest BCUT2D eigenvalue weighted by Gasteiger charge is 2.24. The first-order valence-corrected chi connectivity index (χ1v) is 7.97. The van der Waals surface area contributed by atoms with Crippen LogP contribution in [0.1, 0.15) is 36.7 Å². The van der Waals surface area contributed by atoms with Crippen molar-refractivity contribution in [2.75, 3.05) is 31.1 Å². The van der Waals surface area contributed by atoms with Gasteiger partial charge in [0.25, 0.3) is 0 Å². The number of hydrogen-bond acceptors (Lipinski definition) is 6. The SMILES string of the molecule is Cc1noc([C@H](C)N2CCCN(c3ccccc3C#N)CC2)n1. The maximum absolute atomic E-state index is 9.30. The van der Waals surface area contributed by atoms with E-state index >= 15 is 0 Å². The van der Waals surface area contributed by atoms with Crippen molar-refractivity contribution in [2.24, 2.45) is 0 Å². The molecule has 0 radical (unpaired) electrons. The number of nitrogens with zero attached hydrogens (tertiary/aromatic N) is 5. The Balaban J connectivity index is 1.71. The molecule has 3 rings (SSSR count). The second-order valence-corrected chi connectivity index (χ2v) is 5.86. The molecule has 120 valence electrons. The summed E-state index contributed by atoms with van der Waals surface area (Å²) in [6, 6.07) is 10.2. The quantitative estimate of drug-likeness (QED) is 0.867. The molecule has 0 amide bonds. The van der Waals surface area contributed by atoms with Crippen LogP contribution in [0.25, 0.3) is 0 Å². The summed E-state index contributed by atoms with van der Waals surface area (Å²) in [4.78, 5) is 9.00. The first-order valence-electron chi connectivity index (χ1n) is 7.97. The summed E-state index contributed by atoms with van der Waals surface area (Å²) in [6.45, 7) is 7.66. The molecule has 1 saturated heterocycles. The fourth-order valence-corrected chi connectivity index (χ4v) is 3.05. The third-order valence-corrected chi connectivity index (χ3v) is 4.34. The maximum atomic E-state index is 9.30. The zero-order chi connectivity index (χ0) is 16.2. The zero-order valence-corrected chi connectivity index (χ0v) is 13.6. The van der Waals surface area contributed by atoms with Crippen molar-refractivity contribution in [3.8, 4) is 6.07 Å². The molecule has 1 aromatic carbocycles. The van der Waals surface area contributed by atoms with Gasteiger partial charge < -0.3 is 9.42 Å². The van der Waals surface area contributed by atoms with Crippen molar-refractivity contribution >= 4 is 5.69 Å². The van der Waals surface area contributed by atoms with Crippen LogP contribution in [-0.2, 0) is 0 Å². The Morgan fingerprint density at radius 1 is 1.22 bits per heavy atom. The number of hydrogen-bond donors (Lipinski definition) is 0. The van der Waals surface area contributed by atoms with Crippen molar-refractivity contribution in [2.45, 2.75) is 26.3 Å². The Bertz CT molecular complexity index is 705. The van der Waals surface area contributed by atoms with Gasteiger partial charge in [-0.2, -0.15) is 10.2 Å². The predicted octanol–water partition coefficient (Wildman–Crippen LogP) is 2.52. The number of anilines is 1. The van der Waals surface area contributed by atoms with Crippen LogP contribution in [-0.4, -0.2) is 41.2 Å². The minimum Gasteiger partial charge on any atom is -0.369 e. The fraction of sp³-hybridized carbons (Fsp3) is 0.471. The Kier molecular flexibility index (Phi) is 4.58. The van der Waals surface area contributed by atoms with Gasteiger partial charge in [0.2, 0.25) is 5.89 Å². The minimum absolute atomic E-state index is 0.113. The summed E-state index contributed by atoms with van der Waals surface area (Å²) < 4.78 is 5.31. The lowest BCUT2D eigenvalue weighted by atomic mass is 10.1. The molecule has 2 heterocycles. The van der Waals surface area contributed by atoms with Crippen LogP contribution >= 0.6 is 0 Å². The van der Waals surface area contributed by atoms with Crippen LogP contribution in [0.15, 0.2) is 28.8 Å². The topological polar surface area (TPSA) is 69.2 Å². The Labute approximate surface area is 136 Å². The van der Waals surface area contributed by atoms with Crippen molar-refractivity contribution in [1.29, 1.82) is 5.26 Å². The van der Waals surface area contributed by atoms with Crippen LogP contribution in [0.3, 0.4) is 0 Å². The van der Waals surface area contributed by atoms with Gasteiger partial charge in [0, 0.05) is 26.2 Å². The van der Waals surface area contributed by atoms with Crippen molar-refractivity contribution < 1.29 is 4.52 Å². The predicted molar refractivity (Wildman–Crippen MR) is 87.0 cm³/mol. The molecular formula is C17H21N5O. The third kappa shape index (κ3) is 3.35. The van der Waals surface area contributed by atoms with Gasteiger partial charge >= 0.3 is 0 Å². The van der Waals surface area contributed by atoms with E-state index in [-0.39, 0.29) is 6.04 Å². The highest BCUT2D eigenvalue weighted by Crippen LogP contribution is 2.24. The second-order valence-electron chi connectivity index (χ2n) is 5.86. The number of para-hydroxylation sites is 1. The van der Waals surface area contributed by atoms with E-state index in [1.54, 1.807) is 0 Å². The fourth-order valence-electron chi connectivity index (χ4n) is 3.05. The molecule has 0 bridgehead atoms. The van der Waals surface area contributed by atoms with Gasteiger partial charge in [-0.1, -0.05) is 17.3 Å². The van der Waals surface area contributed by atoms with E-state index in [1.807, 2.05) is 31.2 Å². The molecule has 1 aliphatic rings. The third-order valence-electron chi connectivity index (χ3n) is 4.34. The summed E-state index contributed by atoms with van der Waals surface area (Å²) in [7, 11) is 0. The smallest absolute Gasteiger partial charge is 0.243 e. The van der Waals surface area contributed by atoms with Gasteiger partial charge in [-0.05, 0) is 32.4 Å². The van der Waals surface area contributed by atoms with Crippen LogP contribution < -0.4 is 4.90 Å². The summed E-state index contributed by atoms with van der Waals surface area (Å²) in [5.74, 6) is 1.35. The second kappa shape index (κ2) is 6.80. The lowest BCUT2D eigenvalue weighted by Gasteiger charge is -2.26. The van der Waals surface area contributed by atoms with Crippen molar-refractivity contribution in [3.63, 3.8) is 0 Å². The van der Waals surface area contributed by atoms with Crippen LogP contribution in [0.5, 0.6) is 0 Å². The molecule has 0 saturated carbocycles. The molecule has 1 fully saturated rings. The number of nitriles is 1. The van der Waals surface area contributed by atoms with E-state index in [9.17, 15) is 5.26 Å². The first-order chi connectivity index (χ1) is 11.2. The average molecular weight is 311 g/mol. The van der Waals surface area contributed by atoms with Crippen LogP contribution in [0.2, 0.25) is 0 Å². The number of rotatable bonds is 3. The Hall–Kier alpha value is -2.39. The van der Waals surface area contributed by atoms with E-state index < -0.39 is 0 Å². The van der Waals surface area contributed by atoms with Gasteiger partial charge in [-0.15, -0.1) is 0 Å². The molecule has 0 N–H and O–H groups in total. The molecular weight excluding hydrogens is 290 g/mol. The van der Waals surface area contributed by atoms with Gasteiger partial charge in [0.05, 0.1) is 17.3 Å². The molecule has 1 atom stereocenters. The zero-order valence-electron chi connectivity index (χ0n) is 13.6. The van der Waals surface area contributed by atoms with E-state index in [2.05, 4.69) is 32.9 Å². The minimum atomic E-state index is 0.113. The van der Waals surface area contributed by atoms with E-state index in [4.69, 9.17) is 4.52 Å². The van der Waals surface area contributed by atoms with Crippen molar-refractivity contribution in [1.82, 2.24) is 15.0 Å². The number of benzene rings is 1. The van der Waals surface area contributed by atoms with Crippen LogP contribution in [0, 0.1) is 18.3 Å². The molecule has 0 aliphatic carbocycles. The largest absolute Gasteiger partial charge is 0.369 e. The van der Waals surface area contributed by atoms with Gasteiger partial charge in [-0.3, -0.25) is 4.90 Å². The Morgan fingerprint density at radius 2 is 2.04 bits per heavy atom. The molecule has 0 unspecified atom stereocenters. The molecule has 2 aromatic rings. The molecule has 1 aliphatic heterocycles. The molecule has 1 aromatic heterocycles. The Morgan fingerprint density at radius 3 is 2.78 bits per heavy atom. The van der Waals surface area contributed by atoms with Crippen LogP contribution in [0.4, 0.5) is 5.69 Å². The number of aromatic nitrogens is 2. The monoisotopic (exact) mass is 311 g/mol. The van der Waals surface area contributed by atoms with Gasteiger partial charge in [0.15, 0.2) is 5.82 Å². The molecule has 0 spiro atoms. The lowest BCUT2D eigenvalue weighted by Crippen LogP contribution is -2.33. The van der Waals surface area contributed by atoms with E-state index in [0.717, 1.165) is 43.9 Å². The summed E-state index contributed by atoms with van der Waals surface area (Å²) in [5.41, 5.74) is 1.76. The molecule has 6 heteroatoms. The summed E-state index contributed by atoms with van der Waals surface area (Å²) in [6.07, 6.45) is 1.04. The van der Waals surface area contributed by atoms with E-state index in [0.29, 0.717) is 11.7 Å². The average Bonchev–Trinajstić information content (AvgIpc) is 2.87. The summed E-state index contributed by atoms with van der Waals surface area (Å²) in [5, 5.41) is 13.2. The lowest BCUT2D eigenvalue weighted by molar-refractivity contribution is 0.184. The maximum Gasteiger partial charge on any atom is 0.243 e. The van der Waals surface area contributed by atoms with Gasteiger partial charge in [-0.25, -0.2) is 0 Å². The first kappa shape index (κ1) is 15.5. The highest BCUT2D eigenvalue weighted by atomic mass is 16.5. The molecule has 23 heavy (non-hydrogen) atoms. The normalized spacial score (nSPS) is 17.5. The highest BCUT2D eigenvalue weighted by molar-refractivity contribution is 5.59. The summed E-state index contributed by atoms with van der Waals surface area (Å²) >= 11 is 0. The number of aryl methyl sites for hydroxylation is 1. The van der Waals surface area contributed by atoms with Gasteiger partial charge in [0.1, 0.15) is 6.07 Å².